The van der Waals surface area contributed by atoms with Crippen LogP contribution in [0.1, 0.15) is 41.9 Å². The van der Waals surface area contributed by atoms with Crippen LogP contribution in [0, 0.1) is 11.2 Å². The Kier molecular flexibility index (Phi) is 6.06. The van der Waals surface area contributed by atoms with Crippen LogP contribution in [0.2, 0.25) is 0 Å². The number of nitrogens with zero attached hydrogens (tertiary/aromatic N) is 1. The summed E-state index contributed by atoms with van der Waals surface area (Å²) in [6, 6.07) is 11.9. The second-order valence-corrected chi connectivity index (χ2v) is 8.63. The minimum absolute atomic E-state index is 0.0176. The Labute approximate surface area is 179 Å². The summed E-state index contributed by atoms with van der Waals surface area (Å²) >= 11 is 0. The summed E-state index contributed by atoms with van der Waals surface area (Å²) in [6.07, 6.45) is -2.16. The number of halogens is 4. The molecule has 0 bridgehead atoms. The zero-order chi connectivity index (χ0) is 22.1. The minimum atomic E-state index is -4.47. The van der Waals surface area contributed by atoms with E-state index in [2.05, 4.69) is 5.32 Å². The van der Waals surface area contributed by atoms with Gasteiger partial charge in [0.2, 0.25) is 5.91 Å². The van der Waals surface area contributed by atoms with Crippen LogP contribution >= 0.6 is 0 Å². The van der Waals surface area contributed by atoms with Crippen LogP contribution < -0.4 is 5.32 Å². The van der Waals surface area contributed by atoms with E-state index in [1.165, 1.54) is 30.3 Å². The first kappa shape index (κ1) is 21.8. The summed E-state index contributed by atoms with van der Waals surface area (Å²) in [4.78, 5) is 14.5. The van der Waals surface area contributed by atoms with Gasteiger partial charge in [0.15, 0.2) is 0 Å². The second-order valence-electron chi connectivity index (χ2n) is 8.63. The maximum Gasteiger partial charge on any atom is 0.416 e. The van der Waals surface area contributed by atoms with E-state index in [4.69, 9.17) is 0 Å². The lowest BCUT2D eigenvalue weighted by molar-refractivity contribution is -0.139. The van der Waals surface area contributed by atoms with E-state index >= 15 is 0 Å². The Hall–Kier alpha value is -2.41. The van der Waals surface area contributed by atoms with Crippen molar-refractivity contribution in [1.29, 1.82) is 0 Å². The topological polar surface area (TPSA) is 32.3 Å². The summed E-state index contributed by atoms with van der Waals surface area (Å²) in [7, 11) is 0. The summed E-state index contributed by atoms with van der Waals surface area (Å²) in [5.41, 5.74) is 0.384. The number of amides is 1. The zero-order valence-electron chi connectivity index (χ0n) is 17.2. The molecule has 2 aromatic carbocycles. The summed E-state index contributed by atoms with van der Waals surface area (Å²) in [5.74, 6) is -0.301. The van der Waals surface area contributed by atoms with Gasteiger partial charge in [0, 0.05) is 25.6 Å². The highest BCUT2D eigenvalue weighted by Gasteiger charge is 2.44. The van der Waals surface area contributed by atoms with Crippen LogP contribution in [0.4, 0.5) is 17.6 Å². The van der Waals surface area contributed by atoms with Crippen LogP contribution in [0.3, 0.4) is 0 Å². The van der Waals surface area contributed by atoms with Gasteiger partial charge >= 0.3 is 6.18 Å². The summed E-state index contributed by atoms with van der Waals surface area (Å²) < 4.78 is 53.1. The first-order valence-corrected chi connectivity index (χ1v) is 10.7. The van der Waals surface area contributed by atoms with Crippen LogP contribution in [0.5, 0.6) is 0 Å². The van der Waals surface area contributed by atoms with Gasteiger partial charge in [-0.2, -0.15) is 13.2 Å². The molecule has 2 aliphatic rings. The lowest BCUT2D eigenvalue weighted by atomic mass is 9.62. The maximum atomic E-state index is 13.4. The number of likely N-dealkylation sites (tertiary alicyclic amines) is 1. The van der Waals surface area contributed by atoms with Crippen molar-refractivity contribution in [2.75, 3.05) is 26.2 Å². The van der Waals surface area contributed by atoms with Gasteiger partial charge in [-0.15, -0.1) is 0 Å². The smallest absolute Gasteiger partial charge is 0.342 e. The molecule has 1 unspecified atom stereocenters. The molecule has 0 aromatic heterocycles. The highest BCUT2D eigenvalue weighted by atomic mass is 19.4. The Morgan fingerprint density at radius 3 is 2.39 bits per heavy atom. The number of alkyl halides is 3. The highest BCUT2D eigenvalue weighted by Crippen LogP contribution is 2.48. The summed E-state index contributed by atoms with van der Waals surface area (Å²) in [5, 5.41) is 3.43. The van der Waals surface area contributed by atoms with Gasteiger partial charge in [-0.3, -0.25) is 4.79 Å². The molecule has 3 nitrogen and oxygen atoms in total. The first-order chi connectivity index (χ1) is 14.8. The zero-order valence-corrected chi connectivity index (χ0v) is 17.2. The van der Waals surface area contributed by atoms with Gasteiger partial charge < -0.3 is 10.2 Å². The van der Waals surface area contributed by atoms with E-state index in [0.717, 1.165) is 44.0 Å². The largest absolute Gasteiger partial charge is 0.416 e. The molecule has 0 radical (unpaired) electrons. The molecule has 2 saturated heterocycles. The molecule has 31 heavy (non-hydrogen) atoms. The molecule has 1 amide bonds. The number of hydrogen-bond acceptors (Lipinski definition) is 2. The number of carbonyl (C=O) groups is 1. The number of piperidine rings is 2. The molecule has 2 fully saturated rings. The van der Waals surface area contributed by atoms with E-state index in [0.29, 0.717) is 13.1 Å². The lowest BCUT2D eigenvalue weighted by Gasteiger charge is -2.49. The molecule has 7 heteroatoms. The first-order valence-electron chi connectivity index (χ1n) is 10.7. The molecule has 4 rings (SSSR count). The summed E-state index contributed by atoms with van der Waals surface area (Å²) in [6.45, 7) is 2.76. The molecule has 1 atom stereocenters. The van der Waals surface area contributed by atoms with E-state index < -0.39 is 11.7 Å². The third kappa shape index (κ3) is 4.61. The second kappa shape index (κ2) is 8.61. The van der Waals surface area contributed by atoms with Crippen molar-refractivity contribution in [3.8, 4) is 0 Å². The number of nitrogens with one attached hydrogen (secondary N) is 1. The molecular formula is C24H26F4N2O. The van der Waals surface area contributed by atoms with Gasteiger partial charge in [0.1, 0.15) is 5.82 Å². The molecule has 2 aromatic rings. The standard InChI is InChI=1S/C24H26F4N2O/c25-19-7-5-17(6-8-19)21-16-29-12-9-23(21)10-13-30(14-11-23)22(31)15-18-3-1-2-4-20(18)24(26,27)28/h1-8,21,29H,9-16H2. The molecule has 0 aliphatic carbocycles. The molecule has 1 N–H and O–H groups in total. The minimum Gasteiger partial charge on any atom is -0.342 e. The SMILES string of the molecule is O=C(Cc1ccccc1C(F)(F)F)N1CCC2(CCNCC2c2ccc(F)cc2)CC1. The van der Waals surface area contributed by atoms with Gasteiger partial charge in [0.05, 0.1) is 12.0 Å². The number of benzene rings is 2. The van der Waals surface area contributed by atoms with E-state index in [9.17, 15) is 22.4 Å². The van der Waals surface area contributed by atoms with Crippen LogP contribution in [0.25, 0.3) is 0 Å². The van der Waals surface area contributed by atoms with Gasteiger partial charge in [-0.1, -0.05) is 30.3 Å². The van der Waals surface area contributed by atoms with Crippen molar-refractivity contribution >= 4 is 5.91 Å². The van der Waals surface area contributed by atoms with Crippen molar-refractivity contribution < 1.29 is 22.4 Å². The van der Waals surface area contributed by atoms with Crippen molar-refractivity contribution in [2.45, 2.75) is 37.8 Å². The third-order valence-electron chi connectivity index (χ3n) is 6.94. The molecular weight excluding hydrogens is 408 g/mol. The van der Waals surface area contributed by atoms with Crippen molar-refractivity contribution in [2.24, 2.45) is 5.41 Å². The quantitative estimate of drug-likeness (QED) is 0.706. The number of carbonyl (C=O) groups excluding carboxylic acids is 1. The van der Waals surface area contributed by atoms with Crippen molar-refractivity contribution in [1.82, 2.24) is 10.2 Å². The molecule has 2 heterocycles. The third-order valence-corrected chi connectivity index (χ3v) is 6.94. The normalized spacial score (nSPS) is 21.3. The van der Waals surface area contributed by atoms with E-state index in [1.54, 1.807) is 4.90 Å². The molecule has 166 valence electrons. The highest BCUT2D eigenvalue weighted by molar-refractivity contribution is 5.79. The fraction of sp³-hybridized carbons (Fsp3) is 0.458. The van der Waals surface area contributed by atoms with E-state index in [1.807, 2.05) is 12.1 Å². The molecule has 1 spiro atoms. The van der Waals surface area contributed by atoms with Crippen LogP contribution in [-0.2, 0) is 17.4 Å². The Morgan fingerprint density at radius 2 is 1.71 bits per heavy atom. The Morgan fingerprint density at radius 1 is 1.03 bits per heavy atom. The van der Waals surface area contributed by atoms with Gasteiger partial charge in [0.25, 0.3) is 0 Å². The van der Waals surface area contributed by atoms with Crippen molar-refractivity contribution in [3.05, 3.63) is 71.0 Å². The fourth-order valence-electron chi connectivity index (χ4n) is 5.17. The van der Waals surface area contributed by atoms with Crippen molar-refractivity contribution in [3.63, 3.8) is 0 Å². The Bertz CT molecular complexity index is 918. The van der Waals surface area contributed by atoms with E-state index in [-0.39, 0.29) is 35.0 Å². The van der Waals surface area contributed by atoms with Gasteiger partial charge in [-0.25, -0.2) is 4.39 Å². The average molecular weight is 434 g/mol. The fourth-order valence-corrected chi connectivity index (χ4v) is 5.17. The number of hydrogen-bond donors (Lipinski definition) is 1. The maximum absolute atomic E-state index is 13.4. The predicted molar refractivity (Wildman–Crippen MR) is 110 cm³/mol. The number of rotatable bonds is 3. The van der Waals surface area contributed by atoms with Crippen LogP contribution in [0.15, 0.2) is 48.5 Å². The predicted octanol–water partition coefficient (Wildman–Crippen LogP) is 4.77. The van der Waals surface area contributed by atoms with Crippen LogP contribution in [-0.4, -0.2) is 37.0 Å². The lowest BCUT2D eigenvalue weighted by Crippen LogP contribution is -2.51. The molecule has 2 aliphatic heterocycles. The molecule has 0 saturated carbocycles. The average Bonchev–Trinajstić information content (AvgIpc) is 2.75. The monoisotopic (exact) mass is 434 g/mol. The Balaban J connectivity index is 1.45. The van der Waals surface area contributed by atoms with Gasteiger partial charge in [-0.05, 0) is 60.5 Å².